The van der Waals surface area contributed by atoms with E-state index in [0.29, 0.717) is 34.9 Å². The molecule has 0 unspecified atom stereocenters. The molecule has 3 aromatic heterocycles. The van der Waals surface area contributed by atoms with Gasteiger partial charge in [-0.3, -0.25) is 14.2 Å². The smallest absolute Gasteiger partial charge is 0.330 e. The molecule has 0 atom stereocenters. The van der Waals surface area contributed by atoms with E-state index in [1.54, 1.807) is 30.0 Å². The van der Waals surface area contributed by atoms with E-state index in [0.717, 1.165) is 42.5 Å². The summed E-state index contributed by atoms with van der Waals surface area (Å²) in [6, 6.07) is 11.8. The van der Waals surface area contributed by atoms with Gasteiger partial charge in [0.25, 0.3) is 5.56 Å². The van der Waals surface area contributed by atoms with Crippen LogP contribution in [0.2, 0.25) is 0 Å². The van der Waals surface area contributed by atoms with E-state index in [1.165, 1.54) is 20.1 Å². The van der Waals surface area contributed by atoms with Crippen molar-refractivity contribution in [3.05, 3.63) is 87.5 Å². The number of Topliss-reactive ketones (excluding diaryl/α,β-unsaturated/α-hetero) is 1. The summed E-state index contributed by atoms with van der Waals surface area (Å²) in [5, 5.41) is 3.87. The number of benzene rings is 1. The van der Waals surface area contributed by atoms with E-state index in [-0.39, 0.29) is 28.9 Å². The molecule has 1 aromatic carbocycles. The minimum absolute atomic E-state index is 0.0157. The number of pyridine rings is 2. The van der Waals surface area contributed by atoms with Crippen molar-refractivity contribution < 1.29 is 14.3 Å². The Morgan fingerprint density at radius 3 is 2.48 bits per heavy atom. The second kappa shape index (κ2) is 12.3. The summed E-state index contributed by atoms with van der Waals surface area (Å²) >= 11 is 0. The SMILES string of the molecule is COC(=O)/C=C/c1ccc(CN(C)c2ccc(Nc3ncc4c(C)c(C(C)=O)c(=O)n(C5CCCC5)c4n3)nc2)cc1. The van der Waals surface area contributed by atoms with E-state index < -0.39 is 0 Å². The molecule has 0 spiro atoms. The van der Waals surface area contributed by atoms with Gasteiger partial charge in [-0.05, 0) is 61.6 Å². The molecule has 1 aliphatic carbocycles. The highest BCUT2D eigenvalue weighted by Crippen LogP contribution is 2.32. The topological polar surface area (TPSA) is 119 Å². The fourth-order valence-electron chi connectivity index (χ4n) is 5.44. The van der Waals surface area contributed by atoms with Crippen LogP contribution in [0, 0.1) is 6.92 Å². The number of aromatic nitrogens is 4. The molecule has 1 fully saturated rings. The Kier molecular flexibility index (Phi) is 8.42. The van der Waals surface area contributed by atoms with Gasteiger partial charge in [-0.1, -0.05) is 37.1 Å². The Bertz CT molecular complexity index is 1700. The lowest BCUT2D eigenvalue weighted by molar-refractivity contribution is -0.134. The van der Waals surface area contributed by atoms with Crippen LogP contribution in [-0.2, 0) is 16.1 Å². The zero-order chi connectivity index (χ0) is 29.8. The number of ketones is 1. The van der Waals surface area contributed by atoms with E-state index in [1.807, 2.05) is 43.4 Å². The number of carbonyl (C=O) groups is 2. The number of esters is 1. The number of hydrogen-bond donors (Lipinski definition) is 1. The van der Waals surface area contributed by atoms with Crippen LogP contribution >= 0.6 is 0 Å². The second-order valence-corrected chi connectivity index (χ2v) is 10.6. The third kappa shape index (κ3) is 6.07. The number of anilines is 3. The molecule has 1 saturated carbocycles. The number of methoxy groups -OCH3 is 1. The summed E-state index contributed by atoms with van der Waals surface area (Å²) in [5.74, 6) is 0.269. The molecular formula is C32H34N6O4. The predicted octanol–water partition coefficient (Wildman–Crippen LogP) is 5.38. The summed E-state index contributed by atoms with van der Waals surface area (Å²) in [7, 11) is 3.34. The van der Waals surface area contributed by atoms with Crippen LogP contribution in [0.15, 0.2) is 59.7 Å². The molecule has 216 valence electrons. The molecule has 4 aromatic rings. The number of rotatable bonds is 9. The van der Waals surface area contributed by atoms with Gasteiger partial charge in [0.15, 0.2) is 5.78 Å². The fourth-order valence-corrected chi connectivity index (χ4v) is 5.44. The lowest BCUT2D eigenvalue weighted by Gasteiger charge is -2.20. The maximum Gasteiger partial charge on any atom is 0.330 e. The standard InChI is InChI=1S/C32H34N6O4/c1-20-26-18-34-32(36-30(26)38(24-7-5-6-8-24)31(41)29(20)21(2)39)35-27-15-14-25(17-33-27)37(3)19-23-11-9-22(10-12-23)13-16-28(40)42-4/h9-18,24H,5-8,19H2,1-4H3,(H,33,34,35,36)/b16-13+. The maximum absolute atomic E-state index is 13.4. The number of carbonyl (C=O) groups excluding carboxylic acids is 2. The van der Waals surface area contributed by atoms with Gasteiger partial charge in [-0.15, -0.1) is 0 Å². The molecule has 0 radical (unpaired) electrons. The number of aryl methyl sites for hydroxylation is 1. The van der Waals surface area contributed by atoms with Crippen LogP contribution in [0.4, 0.5) is 17.5 Å². The molecule has 0 bridgehead atoms. The van der Waals surface area contributed by atoms with Crippen molar-refractivity contribution in [3.63, 3.8) is 0 Å². The molecule has 0 amide bonds. The highest BCUT2D eigenvalue weighted by molar-refractivity contribution is 5.99. The first kappa shape index (κ1) is 28.7. The largest absolute Gasteiger partial charge is 0.466 e. The van der Waals surface area contributed by atoms with Crippen LogP contribution in [0.3, 0.4) is 0 Å². The van der Waals surface area contributed by atoms with Gasteiger partial charge in [0.1, 0.15) is 11.5 Å². The average molecular weight is 567 g/mol. The van der Waals surface area contributed by atoms with Crippen LogP contribution < -0.4 is 15.8 Å². The Balaban J connectivity index is 1.33. The van der Waals surface area contributed by atoms with Crippen molar-refractivity contribution in [3.8, 4) is 0 Å². The Hall–Kier alpha value is -4.86. The normalized spacial score (nSPS) is 13.5. The second-order valence-electron chi connectivity index (χ2n) is 10.6. The maximum atomic E-state index is 13.4. The first-order valence-electron chi connectivity index (χ1n) is 14.0. The quantitative estimate of drug-likeness (QED) is 0.162. The monoisotopic (exact) mass is 566 g/mol. The first-order chi connectivity index (χ1) is 20.2. The number of fused-ring (bicyclic) bond motifs is 1. The molecule has 10 nitrogen and oxygen atoms in total. The molecule has 0 saturated heterocycles. The summed E-state index contributed by atoms with van der Waals surface area (Å²) in [5.41, 5.74) is 4.03. The fraction of sp³-hybridized carbons (Fsp3) is 0.312. The summed E-state index contributed by atoms with van der Waals surface area (Å²) < 4.78 is 6.33. The molecule has 3 heterocycles. The zero-order valence-corrected chi connectivity index (χ0v) is 24.3. The van der Waals surface area contributed by atoms with E-state index in [9.17, 15) is 14.4 Å². The lowest BCUT2D eigenvalue weighted by atomic mass is 10.0. The number of nitrogens with one attached hydrogen (secondary N) is 1. The minimum Gasteiger partial charge on any atom is -0.466 e. The molecule has 5 rings (SSSR count). The van der Waals surface area contributed by atoms with Gasteiger partial charge in [0, 0.05) is 37.3 Å². The van der Waals surface area contributed by atoms with Crippen LogP contribution in [-0.4, -0.2) is 45.4 Å². The van der Waals surface area contributed by atoms with E-state index in [2.05, 4.69) is 24.9 Å². The molecule has 0 aliphatic heterocycles. The van der Waals surface area contributed by atoms with Gasteiger partial charge < -0.3 is 15.0 Å². The average Bonchev–Trinajstić information content (AvgIpc) is 3.51. The first-order valence-corrected chi connectivity index (χ1v) is 14.0. The molecule has 42 heavy (non-hydrogen) atoms. The molecular weight excluding hydrogens is 532 g/mol. The van der Waals surface area contributed by atoms with Crippen molar-refractivity contribution in [1.29, 1.82) is 0 Å². The van der Waals surface area contributed by atoms with Gasteiger partial charge in [-0.25, -0.2) is 14.8 Å². The van der Waals surface area contributed by atoms with Gasteiger partial charge >= 0.3 is 5.97 Å². The Morgan fingerprint density at radius 2 is 1.83 bits per heavy atom. The van der Waals surface area contributed by atoms with Gasteiger partial charge in [-0.2, -0.15) is 4.98 Å². The van der Waals surface area contributed by atoms with Crippen LogP contribution in [0.1, 0.15) is 65.7 Å². The van der Waals surface area contributed by atoms with Crippen molar-refractivity contribution in [1.82, 2.24) is 19.5 Å². The Morgan fingerprint density at radius 1 is 1.10 bits per heavy atom. The van der Waals surface area contributed by atoms with Gasteiger partial charge in [0.2, 0.25) is 5.95 Å². The van der Waals surface area contributed by atoms with E-state index >= 15 is 0 Å². The minimum atomic E-state index is -0.390. The highest BCUT2D eigenvalue weighted by atomic mass is 16.5. The third-order valence-corrected chi connectivity index (χ3v) is 7.69. The molecule has 1 aliphatic rings. The van der Waals surface area contributed by atoms with Crippen LogP contribution in [0.5, 0.6) is 0 Å². The lowest BCUT2D eigenvalue weighted by Crippen LogP contribution is -2.30. The number of hydrogen-bond acceptors (Lipinski definition) is 9. The molecule has 1 N–H and O–H groups in total. The summed E-state index contributed by atoms with van der Waals surface area (Å²) in [6.07, 6.45) is 10.4. The summed E-state index contributed by atoms with van der Waals surface area (Å²) in [4.78, 5) is 52.9. The third-order valence-electron chi connectivity index (χ3n) is 7.69. The van der Waals surface area contributed by atoms with Crippen molar-refractivity contribution >= 4 is 46.3 Å². The zero-order valence-electron chi connectivity index (χ0n) is 24.3. The van der Waals surface area contributed by atoms with Crippen molar-refractivity contribution in [2.24, 2.45) is 0 Å². The van der Waals surface area contributed by atoms with Gasteiger partial charge in [0.05, 0.1) is 24.6 Å². The number of nitrogens with zero attached hydrogens (tertiary/aromatic N) is 5. The molecule has 10 heteroatoms. The summed E-state index contributed by atoms with van der Waals surface area (Å²) in [6.45, 7) is 3.88. The number of ether oxygens (including phenoxy) is 1. The van der Waals surface area contributed by atoms with E-state index in [4.69, 9.17) is 4.98 Å². The highest BCUT2D eigenvalue weighted by Gasteiger charge is 2.25. The van der Waals surface area contributed by atoms with Crippen LogP contribution in [0.25, 0.3) is 17.1 Å². The predicted molar refractivity (Wildman–Crippen MR) is 163 cm³/mol. The van der Waals surface area contributed by atoms with Crippen molar-refractivity contribution in [2.75, 3.05) is 24.4 Å². The van der Waals surface area contributed by atoms with Crippen molar-refractivity contribution in [2.45, 2.75) is 52.1 Å². The Labute approximate surface area is 244 Å².